The van der Waals surface area contributed by atoms with Gasteiger partial charge in [0.15, 0.2) is 0 Å². The Labute approximate surface area is 195 Å². The lowest BCUT2D eigenvalue weighted by molar-refractivity contribution is -0.132. The van der Waals surface area contributed by atoms with E-state index < -0.39 is 5.97 Å². The van der Waals surface area contributed by atoms with Gasteiger partial charge >= 0.3 is 5.97 Å². The molecule has 0 aliphatic carbocycles. The van der Waals surface area contributed by atoms with E-state index in [0.29, 0.717) is 5.56 Å². The van der Waals surface area contributed by atoms with Crippen molar-refractivity contribution in [2.45, 2.75) is 39.0 Å². The van der Waals surface area contributed by atoms with E-state index in [-0.39, 0.29) is 5.57 Å². The third kappa shape index (κ3) is 5.15. The summed E-state index contributed by atoms with van der Waals surface area (Å²) in [5, 5.41) is 18.0. The second-order valence-corrected chi connectivity index (χ2v) is 8.47. The third-order valence-electron chi connectivity index (χ3n) is 6.17. The molecule has 0 fully saturated rings. The smallest absolute Gasteiger partial charge is 0.346 e. The number of benzene rings is 3. The molecule has 0 bridgehead atoms. The molecule has 0 radical (unpaired) electrons. The molecule has 0 amide bonds. The number of hydrogen-bond donors (Lipinski definition) is 1. The second kappa shape index (κ2) is 10.2. The Morgan fingerprint density at radius 3 is 2.45 bits per heavy atom. The van der Waals surface area contributed by atoms with Gasteiger partial charge in [-0.1, -0.05) is 55.8 Å². The van der Waals surface area contributed by atoms with Crippen LogP contribution in [-0.2, 0) is 17.6 Å². The molecule has 3 aromatic rings. The molecule has 1 N–H and O–H groups in total. The van der Waals surface area contributed by atoms with Gasteiger partial charge in [-0.05, 0) is 83.8 Å². The Kier molecular flexibility index (Phi) is 6.90. The van der Waals surface area contributed by atoms with Crippen LogP contribution in [0.2, 0.25) is 0 Å². The van der Waals surface area contributed by atoms with Crippen molar-refractivity contribution in [2.24, 2.45) is 0 Å². The molecule has 1 aliphatic heterocycles. The van der Waals surface area contributed by atoms with Crippen LogP contribution >= 0.6 is 0 Å². The van der Waals surface area contributed by atoms with Gasteiger partial charge in [0.2, 0.25) is 0 Å². The molecule has 4 heteroatoms. The van der Waals surface area contributed by atoms with Gasteiger partial charge in [-0.15, -0.1) is 0 Å². The first kappa shape index (κ1) is 22.4. The zero-order valence-electron chi connectivity index (χ0n) is 18.9. The zero-order chi connectivity index (χ0) is 23.2. The van der Waals surface area contributed by atoms with Crippen molar-refractivity contribution in [1.82, 2.24) is 0 Å². The van der Waals surface area contributed by atoms with Gasteiger partial charge in [0.1, 0.15) is 11.6 Å². The standard InChI is InChI=1S/C29H28N2O2/c1-2-3-5-21-9-14-27(15-10-21)31-17-4-6-25-19-24(13-16-28(25)31)23-11-7-22(8-12-23)18-26(20-30)29(32)33/h7-16,18-19H,2-6,17H2,1H3,(H,32,33)/b26-18+. The molecule has 0 unspecified atom stereocenters. The number of unbranched alkanes of at least 4 members (excludes halogenated alkanes) is 1. The molecule has 0 atom stereocenters. The number of nitriles is 1. The van der Waals surface area contributed by atoms with Crippen molar-refractivity contribution in [3.63, 3.8) is 0 Å². The average Bonchev–Trinajstić information content (AvgIpc) is 2.86. The molecule has 1 heterocycles. The Bertz CT molecular complexity index is 1200. The first-order chi connectivity index (χ1) is 16.1. The van der Waals surface area contributed by atoms with E-state index in [2.05, 4.69) is 54.3 Å². The van der Waals surface area contributed by atoms with Crippen LogP contribution in [0.3, 0.4) is 0 Å². The summed E-state index contributed by atoms with van der Waals surface area (Å²) in [6.45, 7) is 3.25. The zero-order valence-corrected chi connectivity index (χ0v) is 18.9. The highest BCUT2D eigenvalue weighted by Crippen LogP contribution is 2.36. The minimum absolute atomic E-state index is 0.269. The lowest BCUT2D eigenvalue weighted by atomic mass is 9.95. The van der Waals surface area contributed by atoms with Gasteiger partial charge in [-0.3, -0.25) is 0 Å². The van der Waals surface area contributed by atoms with Gasteiger partial charge < -0.3 is 10.0 Å². The summed E-state index contributed by atoms with van der Waals surface area (Å²) in [7, 11) is 0. The number of fused-ring (bicyclic) bond motifs is 1. The minimum Gasteiger partial charge on any atom is -0.477 e. The van der Waals surface area contributed by atoms with E-state index >= 15 is 0 Å². The predicted octanol–water partition coefficient (Wildman–Crippen LogP) is 6.77. The number of rotatable bonds is 7. The van der Waals surface area contributed by atoms with Gasteiger partial charge in [-0.2, -0.15) is 5.26 Å². The fourth-order valence-electron chi connectivity index (χ4n) is 4.35. The molecule has 1 aliphatic rings. The molecule has 0 spiro atoms. The highest BCUT2D eigenvalue weighted by Gasteiger charge is 2.19. The maximum absolute atomic E-state index is 11.1. The van der Waals surface area contributed by atoms with E-state index in [1.165, 1.54) is 41.4 Å². The lowest BCUT2D eigenvalue weighted by Gasteiger charge is -2.32. The fourth-order valence-corrected chi connectivity index (χ4v) is 4.35. The van der Waals surface area contributed by atoms with Crippen LogP contribution in [0.4, 0.5) is 11.4 Å². The summed E-state index contributed by atoms with van der Waals surface area (Å²) < 4.78 is 0. The van der Waals surface area contributed by atoms with E-state index in [9.17, 15) is 4.79 Å². The van der Waals surface area contributed by atoms with Crippen molar-refractivity contribution in [1.29, 1.82) is 5.26 Å². The Morgan fingerprint density at radius 1 is 1.06 bits per heavy atom. The first-order valence-corrected chi connectivity index (χ1v) is 11.5. The van der Waals surface area contributed by atoms with Gasteiger partial charge in [0.25, 0.3) is 0 Å². The van der Waals surface area contributed by atoms with E-state index in [1.807, 2.05) is 24.3 Å². The monoisotopic (exact) mass is 436 g/mol. The van der Waals surface area contributed by atoms with Crippen molar-refractivity contribution < 1.29 is 9.90 Å². The maximum atomic E-state index is 11.1. The summed E-state index contributed by atoms with van der Waals surface area (Å²) in [5.41, 5.74) is 7.89. The summed E-state index contributed by atoms with van der Waals surface area (Å²) >= 11 is 0. The molecular formula is C29H28N2O2. The van der Waals surface area contributed by atoms with Crippen molar-refractivity contribution in [3.05, 3.63) is 89.0 Å². The molecular weight excluding hydrogens is 408 g/mol. The number of anilines is 2. The molecule has 0 aromatic heterocycles. The Balaban J connectivity index is 1.56. The van der Waals surface area contributed by atoms with Crippen LogP contribution in [0.15, 0.2) is 72.3 Å². The van der Waals surface area contributed by atoms with Crippen molar-refractivity contribution in [3.8, 4) is 17.2 Å². The topological polar surface area (TPSA) is 64.3 Å². The minimum atomic E-state index is -1.21. The number of carboxylic acid groups (broad SMARTS) is 1. The second-order valence-electron chi connectivity index (χ2n) is 8.47. The van der Waals surface area contributed by atoms with Gasteiger partial charge in [0, 0.05) is 17.9 Å². The summed E-state index contributed by atoms with van der Waals surface area (Å²) in [6, 6.07) is 25.0. The number of aliphatic carboxylic acids is 1. The largest absolute Gasteiger partial charge is 0.477 e. The molecule has 166 valence electrons. The van der Waals surface area contributed by atoms with Crippen LogP contribution in [0, 0.1) is 11.3 Å². The molecule has 4 rings (SSSR count). The first-order valence-electron chi connectivity index (χ1n) is 11.5. The number of aryl methyl sites for hydroxylation is 2. The van der Waals surface area contributed by atoms with Gasteiger partial charge in [-0.25, -0.2) is 4.79 Å². The maximum Gasteiger partial charge on any atom is 0.346 e. The summed E-state index contributed by atoms with van der Waals surface area (Å²) in [6.07, 6.45) is 7.14. The summed E-state index contributed by atoms with van der Waals surface area (Å²) in [5.74, 6) is -1.21. The fraction of sp³-hybridized carbons (Fsp3) is 0.241. The molecule has 0 saturated carbocycles. The summed E-state index contributed by atoms with van der Waals surface area (Å²) in [4.78, 5) is 13.5. The number of carbonyl (C=O) groups is 1. The SMILES string of the molecule is CCCCc1ccc(N2CCCc3cc(-c4ccc(/C=C(\C#N)C(=O)O)cc4)ccc32)cc1. The quantitative estimate of drug-likeness (QED) is 0.328. The lowest BCUT2D eigenvalue weighted by Crippen LogP contribution is -2.24. The normalized spacial score (nSPS) is 13.3. The van der Waals surface area contributed by atoms with Crippen LogP contribution in [0.5, 0.6) is 0 Å². The molecule has 0 saturated heterocycles. The van der Waals surface area contributed by atoms with E-state index in [0.717, 1.165) is 36.9 Å². The number of hydrogen-bond acceptors (Lipinski definition) is 3. The van der Waals surface area contributed by atoms with Crippen molar-refractivity contribution in [2.75, 3.05) is 11.4 Å². The molecule has 3 aromatic carbocycles. The molecule has 4 nitrogen and oxygen atoms in total. The van der Waals surface area contributed by atoms with Gasteiger partial charge in [0.05, 0.1) is 0 Å². The van der Waals surface area contributed by atoms with Crippen LogP contribution in [-0.4, -0.2) is 17.6 Å². The van der Waals surface area contributed by atoms with Crippen molar-refractivity contribution >= 4 is 23.4 Å². The predicted molar refractivity (Wildman–Crippen MR) is 133 cm³/mol. The van der Waals surface area contributed by atoms with E-state index in [4.69, 9.17) is 10.4 Å². The van der Waals surface area contributed by atoms with Crippen LogP contribution in [0.25, 0.3) is 17.2 Å². The molecule has 33 heavy (non-hydrogen) atoms. The number of carboxylic acids is 1. The Morgan fingerprint density at radius 2 is 1.79 bits per heavy atom. The third-order valence-corrected chi connectivity index (χ3v) is 6.17. The van der Waals surface area contributed by atoms with E-state index in [1.54, 1.807) is 6.07 Å². The number of nitrogens with zero attached hydrogens (tertiary/aromatic N) is 2. The highest BCUT2D eigenvalue weighted by atomic mass is 16.4. The average molecular weight is 437 g/mol. The van der Waals surface area contributed by atoms with Crippen LogP contribution in [0.1, 0.15) is 42.9 Å². The van der Waals surface area contributed by atoms with Crippen LogP contribution < -0.4 is 4.90 Å². The highest BCUT2D eigenvalue weighted by molar-refractivity contribution is 5.96. The Hall–Kier alpha value is -3.84.